The molecule has 108 valence electrons. The fourth-order valence-corrected chi connectivity index (χ4v) is 1.85. The van der Waals surface area contributed by atoms with Crippen LogP contribution in [0, 0.1) is 13.8 Å². The van der Waals surface area contributed by atoms with Crippen molar-refractivity contribution in [1.29, 1.82) is 0 Å². The first-order valence-corrected chi connectivity index (χ1v) is 6.21. The van der Waals surface area contributed by atoms with Gasteiger partial charge in [-0.15, -0.1) is 0 Å². The van der Waals surface area contributed by atoms with Gasteiger partial charge in [0.25, 0.3) is 5.91 Å². The van der Waals surface area contributed by atoms with Gasteiger partial charge in [-0.3, -0.25) is 4.79 Å². The van der Waals surface area contributed by atoms with Gasteiger partial charge in [0, 0.05) is 17.3 Å². The van der Waals surface area contributed by atoms with Gasteiger partial charge >= 0.3 is 5.97 Å². The van der Waals surface area contributed by atoms with Crippen molar-refractivity contribution in [1.82, 2.24) is 5.16 Å². The fraction of sp³-hybridized carbons (Fsp3) is 0.133. The number of benzene rings is 1. The van der Waals surface area contributed by atoms with Crippen molar-refractivity contribution in [3.63, 3.8) is 0 Å². The number of aryl methyl sites for hydroxylation is 2. The molecule has 1 heterocycles. The van der Waals surface area contributed by atoms with Gasteiger partial charge in [-0.05, 0) is 43.2 Å². The van der Waals surface area contributed by atoms with Gasteiger partial charge in [0.1, 0.15) is 0 Å². The summed E-state index contributed by atoms with van der Waals surface area (Å²) >= 11 is 0. The lowest BCUT2D eigenvalue weighted by Crippen LogP contribution is -2.12. The first-order valence-electron chi connectivity index (χ1n) is 6.21. The Labute approximate surface area is 121 Å². The minimum absolute atomic E-state index is 0.152. The van der Waals surface area contributed by atoms with Crippen LogP contribution in [0.4, 0.5) is 5.69 Å². The summed E-state index contributed by atoms with van der Waals surface area (Å²) in [4.78, 5) is 22.6. The highest BCUT2D eigenvalue weighted by molar-refractivity contribution is 6.03. The summed E-state index contributed by atoms with van der Waals surface area (Å²) in [7, 11) is 0. The predicted molar refractivity (Wildman–Crippen MR) is 77.0 cm³/mol. The Morgan fingerprint density at radius 3 is 2.67 bits per heavy atom. The van der Waals surface area contributed by atoms with Crippen molar-refractivity contribution in [2.75, 3.05) is 5.32 Å². The number of carboxylic acid groups (broad SMARTS) is 1. The van der Waals surface area contributed by atoms with Gasteiger partial charge in [-0.1, -0.05) is 11.2 Å². The third-order valence-corrected chi connectivity index (χ3v) is 2.73. The van der Waals surface area contributed by atoms with Crippen LogP contribution < -0.4 is 5.32 Å². The maximum absolute atomic E-state index is 12.0. The SMILES string of the molecule is Cc1cc(/C=C/C(=O)O)cc(NC(=O)c2oncc2C)c1. The summed E-state index contributed by atoms with van der Waals surface area (Å²) in [5, 5.41) is 14.9. The zero-order valence-electron chi connectivity index (χ0n) is 11.6. The van der Waals surface area contributed by atoms with Crippen LogP contribution in [0.2, 0.25) is 0 Å². The summed E-state index contributed by atoms with van der Waals surface area (Å²) in [5.41, 5.74) is 2.78. The third-order valence-electron chi connectivity index (χ3n) is 2.73. The predicted octanol–water partition coefficient (Wildman–Crippen LogP) is 2.64. The normalized spacial score (nSPS) is 10.8. The van der Waals surface area contributed by atoms with Crippen LogP contribution in [0.3, 0.4) is 0 Å². The highest BCUT2D eigenvalue weighted by atomic mass is 16.5. The molecule has 6 nitrogen and oxygen atoms in total. The lowest BCUT2D eigenvalue weighted by Gasteiger charge is -2.06. The maximum atomic E-state index is 12.0. The molecule has 2 N–H and O–H groups in total. The van der Waals surface area contributed by atoms with Crippen molar-refractivity contribution >= 4 is 23.6 Å². The van der Waals surface area contributed by atoms with Gasteiger partial charge in [-0.25, -0.2) is 4.79 Å². The summed E-state index contributed by atoms with van der Waals surface area (Å²) in [6.07, 6.45) is 3.97. The molecule has 0 atom stereocenters. The molecule has 0 unspecified atom stereocenters. The number of carbonyl (C=O) groups is 2. The van der Waals surface area contributed by atoms with Crippen molar-refractivity contribution < 1.29 is 19.2 Å². The van der Waals surface area contributed by atoms with Crippen molar-refractivity contribution in [2.24, 2.45) is 0 Å². The molecule has 0 spiro atoms. The number of hydrogen-bond donors (Lipinski definition) is 2. The molecular weight excluding hydrogens is 272 g/mol. The van der Waals surface area contributed by atoms with E-state index in [0.717, 1.165) is 11.6 Å². The zero-order chi connectivity index (χ0) is 15.4. The monoisotopic (exact) mass is 286 g/mol. The Morgan fingerprint density at radius 2 is 2.05 bits per heavy atom. The molecule has 1 aromatic heterocycles. The zero-order valence-corrected chi connectivity index (χ0v) is 11.6. The average molecular weight is 286 g/mol. The lowest BCUT2D eigenvalue weighted by atomic mass is 10.1. The molecule has 2 aromatic rings. The number of nitrogens with zero attached hydrogens (tertiary/aromatic N) is 1. The molecule has 0 bridgehead atoms. The van der Waals surface area contributed by atoms with E-state index in [9.17, 15) is 9.59 Å². The molecule has 1 aromatic carbocycles. The number of rotatable bonds is 4. The highest BCUT2D eigenvalue weighted by Crippen LogP contribution is 2.17. The van der Waals surface area contributed by atoms with Crippen LogP contribution in [0.1, 0.15) is 27.2 Å². The topological polar surface area (TPSA) is 92.4 Å². The largest absolute Gasteiger partial charge is 0.478 e. The van der Waals surface area contributed by atoms with Gasteiger partial charge in [0.15, 0.2) is 0 Å². The van der Waals surface area contributed by atoms with Gasteiger partial charge in [0.2, 0.25) is 5.76 Å². The van der Waals surface area contributed by atoms with E-state index in [0.29, 0.717) is 16.8 Å². The Bertz CT molecular complexity index is 716. The number of anilines is 1. The van der Waals surface area contributed by atoms with E-state index in [1.165, 1.54) is 12.3 Å². The number of nitrogens with one attached hydrogen (secondary N) is 1. The summed E-state index contributed by atoms with van der Waals surface area (Å²) in [6, 6.07) is 5.27. The average Bonchev–Trinajstić information content (AvgIpc) is 2.82. The summed E-state index contributed by atoms with van der Waals surface area (Å²) < 4.78 is 4.88. The van der Waals surface area contributed by atoms with Crippen molar-refractivity contribution in [3.8, 4) is 0 Å². The Balaban J connectivity index is 2.22. The summed E-state index contributed by atoms with van der Waals surface area (Å²) in [6.45, 7) is 3.58. The second kappa shape index (κ2) is 6.04. The smallest absolute Gasteiger partial charge is 0.328 e. The summed E-state index contributed by atoms with van der Waals surface area (Å²) in [5.74, 6) is -1.28. The number of aromatic nitrogens is 1. The minimum Gasteiger partial charge on any atom is -0.478 e. The molecule has 21 heavy (non-hydrogen) atoms. The van der Waals surface area contributed by atoms with E-state index in [1.54, 1.807) is 19.1 Å². The van der Waals surface area contributed by atoms with E-state index < -0.39 is 11.9 Å². The molecule has 0 saturated heterocycles. The number of amides is 1. The quantitative estimate of drug-likeness (QED) is 0.843. The second-order valence-corrected chi connectivity index (χ2v) is 4.60. The van der Waals surface area contributed by atoms with Crippen LogP contribution in [-0.4, -0.2) is 22.1 Å². The van der Waals surface area contributed by atoms with E-state index in [2.05, 4.69) is 10.5 Å². The molecule has 0 aliphatic carbocycles. The Kier molecular flexibility index (Phi) is 4.18. The maximum Gasteiger partial charge on any atom is 0.328 e. The first-order chi connectivity index (χ1) is 9.95. The molecule has 0 radical (unpaired) electrons. The highest BCUT2D eigenvalue weighted by Gasteiger charge is 2.14. The molecule has 6 heteroatoms. The molecule has 0 saturated carbocycles. The van der Waals surface area contributed by atoms with Gasteiger partial charge in [0.05, 0.1) is 6.20 Å². The van der Waals surface area contributed by atoms with Gasteiger partial charge in [-0.2, -0.15) is 0 Å². The van der Waals surface area contributed by atoms with Crippen LogP contribution in [0.5, 0.6) is 0 Å². The van der Waals surface area contributed by atoms with Crippen molar-refractivity contribution in [2.45, 2.75) is 13.8 Å². The molecular formula is C15H14N2O4. The first kappa shape index (κ1) is 14.5. The number of aliphatic carboxylic acids is 1. The lowest BCUT2D eigenvalue weighted by molar-refractivity contribution is -0.131. The van der Waals surface area contributed by atoms with E-state index in [-0.39, 0.29) is 5.76 Å². The Morgan fingerprint density at radius 1 is 1.29 bits per heavy atom. The molecule has 0 aliphatic rings. The Hall–Kier alpha value is -2.89. The van der Waals surface area contributed by atoms with Crippen LogP contribution in [0.15, 0.2) is 35.0 Å². The standard InChI is InChI=1S/C15H14N2O4/c1-9-5-11(3-4-13(18)19)7-12(6-9)17-15(20)14-10(2)8-16-21-14/h3-8H,1-2H3,(H,17,20)(H,18,19)/b4-3+. The third kappa shape index (κ3) is 3.79. The van der Waals surface area contributed by atoms with Crippen molar-refractivity contribution in [3.05, 3.63) is 52.9 Å². The van der Waals surface area contributed by atoms with Gasteiger partial charge < -0.3 is 14.9 Å². The fourth-order valence-electron chi connectivity index (χ4n) is 1.85. The molecule has 1 amide bonds. The number of carboxylic acids is 1. The van der Waals surface area contributed by atoms with Crippen LogP contribution in [0.25, 0.3) is 6.08 Å². The van der Waals surface area contributed by atoms with Crippen LogP contribution in [-0.2, 0) is 4.79 Å². The van der Waals surface area contributed by atoms with Crippen LogP contribution >= 0.6 is 0 Å². The molecule has 0 aliphatic heterocycles. The molecule has 2 rings (SSSR count). The number of hydrogen-bond acceptors (Lipinski definition) is 4. The van der Waals surface area contributed by atoms with E-state index in [1.807, 2.05) is 13.0 Å². The van der Waals surface area contributed by atoms with E-state index in [4.69, 9.17) is 9.63 Å². The second-order valence-electron chi connectivity index (χ2n) is 4.60. The number of carbonyl (C=O) groups excluding carboxylic acids is 1. The van der Waals surface area contributed by atoms with E-state index >= 15 is 0 Å². The molecule has 0 fully saturated rings. The minimum atomic E-state index is -1.03.